The fourth-order valence-electron chi connectivity index (χ4n) is 8.12. The highest BCUT2D eigenvalue weighted by molar-refractivity contribution is 6.37. The zero-order valence-electron chi connectivity index (χ0n) is 27.1. The first-order valence-corrected chi connectivity index (χ1v) is 16.7. The van der Waals surface area contributed by atoms with Crippen molar-refractivity contribution in [3.63, 3.8) is 0 Å². The first-order chi connectivity index (χ1) is 20.2. The second kappa shape index (κ2) is 13.1. The van der Waals surface area contributed by atoms with Gasteiger partial charge in [0.2, 0.25) is 17.6 Å². The summed E-state index contributed by atoms with van der Waals surface area (Å²) in [6.07, 6.45) is 12.9. The number of fused-ring (bicyclic) bond motifs is 3. The van der Waals surface area contributed by atoms with Crippen molar-refractivity contribution in [2.24, 2.45) is 28.4 Å². The molecule has 0 unspecified atom stereocenters. The van der Waals surface area contributed by atoms with Gasteiger partial charge in [-0.25, -0.2) is 4.79 Å². The Labute approximate surface area is 257 Å². The molecule has 0 spiro atoms. The third-order valence-corrected chi connectivity index (χ3v) is 11.1. The number of rotatable bonds is 4. The lowest BCUT2D eigenvalue weighted by atomic mass is 9.78. The lowest BCUT2D eigenvalue weighted by Gasteiger charge is -2.41. The van der Waals surface area contributed by atoms with Crippen LogP contribution in [0.2, 0.25) is 0 Å². The number of primary amides is 1. The van der Waals surface area contributed by atoms with Crippen LogP contribution in [0, 0.1) is 22.7 Å². The lowest BCUT2D eigenvalue weighted by molar-refractivity contribution is -0.145. The van der Waals surface area contributed by atoms with Gasteiger partial charge >= 0.3 is 6.03 Å². The molecule has 4 aliphatic rings. The Balaban J connectivity index is 1.62. The van der Waals surface area contributed by atoms with Crippen molar-refractivity contribution in [3.8, 4) is 0 Å². The average molecular weight is 602 g/mol. The maximum absolute atomic E-state index is 14.5. The molecular formula is C33H55N5O5. The van der Waals surface area contributed by atoms with Gasteiger partial charge in [-0.3, -0.25) is 19.2 Å². The van der Waals surface area contributed by atoms with E-state index in [9.17, 15) is 24.0 Å². The van der Waals surface area contributed by atoms with Crippen molar-refractivity contribution in [2.45, 2.75) is 148 Å². The van der Waals surface area contributed by atoms with E-state index >= 15 is 0 Å². The lowest BCUT2D eigenvalue weighted by Crippen LogP contribution is -2.63. The van der Waals surface area contributed by atoms with E-state index in [0.717, 1.165) is 77.0 Å². The van der Waals surface area contributed by atoms with Gasteiger partial charge < -0.3 is 26.6 Å². The van der Waals surface area contributed by atoms with Crippen molar-refractivity contribution < 1.29 is 24.0 Å². The van der Waals surface area contributed by atoms with Crippen molar-refractivity contribution in [2.75, 3.05) is 6.54 Å². The van der Waals surface area contributed by atoms with Crippen LogP contribution in [0.3, 0.4) is 0 Å². The molecular weight excluding hydrogens is 546 g/mol. The molecule has 10 heteroatoms. The van der Waals surface area contributed by atoms with Gasteiger partial charge in [-0.05, 0) is 55.3 Å². The number of nitrogens with one attached hydrogen (secondary N) is 3. The van der Waals surface area contributed by atoms with Crippen LogP contribution < -0.4 is 21.7 Å². The van der Waals surface area contributed by atoms with Gasteiger partial charge in [0.25, 0.3) is 5.91 Å². The third kappa shape index (κ3) is 7.54. The largest absolute Gasteiger partial charge is 0.363 e. The van der Waals surface area contributed by atoms with E-state index in [1.54, 1.807) is 4.90 Å². The van der Waals surface area contributed by atoms with E-state index < -0.39 is 41.1 Å². The summed E-state index contributed by atoms with van der Waals surface area (Å²) in [7, 11) is 0. The second-order valence-electron chi connectivity index (χ2n) is 15.3. The normalized spacial score (nSPS) is 32.8. The SMILES string of the molecule is CC1(NC(=O)N[C@@H]2C(=O)N3C[C@H]4[C@@H]([C@H]3C(=O)N[C@H](C(=O)C(N)=O)CCCCCCCCCC2(C)C)C4(C)C)CCCCC1. The molecule has 4 fully saturated rings. The Kier molecular flexibility index (Phi) is 10.2. The van der Waals surface area contributed by atoms with Crippen molar-refractivity contribution in [1.82, 2.24) is 20.9 Å². The topological polar surface area (TPSA) is 151 Å². The number of nitrogens with two attached hydrogens (primary N) is 1. The van der Waals surface area contributed by atoms with Gasteiger partial charge in [-0.1, -0.05) is 91.9 Å². The van der Waals surface area contributed by atoms with E-state index in [1.807, 2.05) is 13.8 Å². The highest BCUT2D eigenvalue weighted by Gasteiger charge is 2.70. The van der Waals surface area contributed by atoms with E-state index in [-0.39, 0.29) is 34.7 Å². The van der Waals surface area contributed by atoms with Crippen molar-refractivity contribution in [3.05, 3.63) is 0 Å². The molecule has 0 aromatic carbocycles. The highest BCUT2D eigenvalue weighted by Crippen LogP contribution is 2.65. The summed E-state index contributed by atoms with van der Waals surface area (Å²) in [4.78, 5) is 68.1. The minimum absolute atomic E-state index is 0.0680. The fraction of sp³-hybridized carbons (Fsp3) is 0.848. The number of hydrogen-bond donors (Lipinski definition) is 4. The van der Waals surface area contributed by atoms with Crippen molar-refractivity contribution in [1.29, 1.82) is 0 Å². The van der Waals surface area contributed by atoms with Crippen molar-refractivity contribution >= 4 is 29.5 Å². The molecule has 2 aliphatic heterocycles. The molecule has 2 saturated heterocycles. The number of piperidine rings is 1. The van der Waals surface area contributed by atoms with E-state index in [2.05, 4.69) is 36.7 Å². The Morgan fingerprint density at radius 1 is 0.837 bits per heavy atom. The Hall–Kier alpha value is -2.65. The Morgan fingerprint density at radius 2 is 1.40 bits per heavy atom. The highest BCUT2D eigenvalue weighted by atomic mass is 16.2. The number of carbonyl (C=O) groups is 5. The smallest absolute Gasteiger partial charge is 0.315 e. The molecule has 0 bridgehead atoms. The predicted molar refractivity (Wildman–Crippen MR) is 165 cm³/mol. The monoisotopic (exact) mass is 601 g/mol. The maximum Gasteiger partial charge on any atom is 0.315 e. The first-order valence-electron chi connectivity index (χ1n) is 16.7. The summed E-state index contributed by atoms with van der Waals surface area (Å²) in [5.41, 5.74) is 4.36. The number of Topliss-reactive ketones (excluding diaryl/α,β-unsaturated/α-hetero) is 1. The number of urea groups is 1. The zero-order chi connectivity index (χ0) is 31.6. The number of ketones is 1. The molecule has 2 saturated carbocycles. The van der Waals surface area contributed by atoms with Crippen LogP contribution in [0.5, 0.6) is 0 Å². The molecule has 5 amide bonds. The molecule has 0 aromatic rings. The summed E-state index contributed by atoms with van der Waals surface area (Å²) in [6, 6.07) is -2.97. The molecule has 4 rings (SSSR count). The van der Waals surface area contributed by atoms with Gasteiger partial charge in [0.05, 0.1) is 6.04 Å². The molecule has 242 valence electrons. The molecule has 0 aromatic heterocycles. The summed E-state index contributed by atoms with van der Waals surface area (Å²) < 4.78 is 0. The Morgan fingerprint density at radius 3 is 2.02 bits per heavy atom. The molecule has 10 nitrogen and oxygen atoms in total. The molecule has 2 heterocycles. The van der Waals surface area contributed by atoms with Gasteiger partial charge in [0.1, 0.15) is 12.1 Å². The van der Waals surface area contributed by atoms with Crippen LogP contribution >= 0.6 is 0 Å². The number of hydrogen-bond acceptors (Lipinski definition) is 5. The van der Waals surface area contributed by atoms with E-state index in [1.165, 1.54) is 0 Å². The van der Waals surface area contributed by atoms with Crippen LogP contribution in [0.15, 0.2) is 0 Å². The Bertz CT molecular complexity index is 1080. The van der Waals surface area contributed by atoms with E-state index in [4.69, 9.17) is 5.73 Å². The summed E-state index contributed by atoms with van der Waals surface area (Å²) >= 11 is 0. The van der Waals surface area contributed by atoms with Gasteiger partial charge in [-0.2, -0.15) is 0 Å². The molecule has 2 aliphatic carbocycles. The van der Waals surface area contributed by atoms with Crippen LogP contribution in [0.4, 0.5) is 4.79 Å². The third-order valence-electron chi connectivity index (χ3n) is 11.1. The van der Waals surface area contributed by atoms with Crippen LogP contribution in [-0.4, -0.2) is 64.6 Å². The fourth-order valence-corrected chi connectivity index (χ4v) is 8.12. The van der Waals surface area contributed by atoms with Gasteiger partial charge in [0.15, 0.2) is 0 Å². The summed E-state index contributed by atoms with van der Waals surface area (Å²) in [5, 5.41) is 9.08. The minimum atomic E-state index is -1.07. The predicted octanol–water partition coefficient (Wildman–Crippen LogP) is 3.95. The first kappa shape index (κ1) is 33.2. The molecule has 5 atom stereocenters. The van der Waals surface area contributed by atoms with Gasteiger partial charge in [-0.15, -0.1) is 0 Å². The summed E-state index contributed by atoms with van der Waals surface area (Å²) in [6.45, 7) is 10.7. The minimum Gasteiger partial charge on any atom is -0.363 e. The van der Waals surface area contributed by atoms with Crippen LogP contribution in [0.25, 0.3) is 0 Å². The van der Waals surface area contributed by atoms with E-state index in [0.29, 0.717) is 19.4 Å². The molecule has 43 heavy (non-hydrogen) atoms. The average Bonchev–Trinajstić information content (AvgIpc) is 3.25. The number of nitrogens with zero attached hydrogens (tertiary/aromatic N) is 1. The molecule has 5 N–H and O–H groups in total. The standard InChI is InChI=1S/C33H55N5O5/c1-31(2)17-13-10-8-6-7-9-12-16-22(25(39)27(34)40)35-28(41)24-23-21(32(23,3)4)20-38(24)29(42)26(31)36-30(43)37-33(5)18-14-11-15-19-33/h21-24,26H,6-20H2,1-5H3,(H2,34,40)(H,35,41)(H2,36,37,43)/t21-,22-,23-,24-,26+/m0/s1. The maximum atomic E-state index is 14.5. The van der Waals surface area contributed by atoms with Crippen LogP contribution in [-0.2, 0) is 19.2 Å². The molecule has 0 radical (unpaired) electrons. The second-order valence-corrected chi connectivity index (χ2v) is 15.3. The number of carbonyl (C=O) groups excluding carboxylic acids is 5. The number of amides is 5. The van der Waals surface area contributed by atoms with Crippen LogP contribution in [0.1, 0.15) is 125 Å². The quantitative estimate of drug-likeness (QED) is 0.360. The van der Waals surface area contributed by atoms with Gasteiger partial charge in [0, 0.05) is 12.1 Å². The summed E-state index contributed by atoms with van der Waals surface area (Å²) in [5.74, 6) is -2.49. The zero-order valence-corrected chi connectivity index (χ0v) is 27.1.